The zero-order valence-corrected chi connectivity index (χ0v) is 17.3. The summed E-state index contributed by atoms with van der Waals surface area (Å²) in [7, 11) is 0. The molecule has 8 unspecified atom stereocenters. The molecule has 2 aliphatic heterocycles. The fourth-order valence-corrected chi connectivity index (χ4v) is 5.43. The maximum Gasteiger partial charge on any atom is 0.0125 e. The molecule has 0 aromatic heterocycles. The Labute approximate surface area is 151 Å². The van der Waals surface area contributed by atoms with E-state index < -0.39 is 0 Å². The maximum atomic E-state index is 3.91. The van der Waals surface area contributed by atoms with Gasteiger partial charge in [0.05, 0.1) is 0 Å². The summed E-state index contributed by atoms with van der Waals surface area (Å²) >= 11 is 0. The summed E-state index contributed by atoms with van der Waals surface area (Å²) in [6, 6.07) is 2.24. The van der Waals surface area contributed by atoms with Gasteiger partial charge in [-0.25, -0.2) is 0 Å². The summed E-state index contributed by atoms with van der Waals surface area (Å²) in [5, 5.41) is 7.73. The fourth-order valence-electron chi connectivity index (χ4n) is 5.43. The van der Waals surface area contributed by atoms with Gasteiger partial charge in [-0.05, 0) is 62.3 Å². The first kappa shape index (κ1) is 20.2. The topological polar surface area (TPSA) is 24.1 Å². The van der Waals surface area contributed by atoms with Crippen molar-refractivity contribution in [1.82, 2.24) is 10.6 Å². The van der Waals surface area contributed by atoms with Gasteiger partial charge in [-0.1, -0.05) is 60.3 Å². The van der Waals surface area contributed by atoms with E-state index in [2.05, 4.69) is 52.2 Å². The molecule has 0 aromatic rings. The minimum Gasteiger partial charge on any atom is -0.314 e. The largest absolute Gasteiger partial charge is 0.314 e. The molecule has 0 amide bonds. The smallest absolute Gasteiger partial charge is 0.0125 e. The van der Waals surface area contributed by atoms with E-state index in [4.69, 9.17) is 0 Å². The van der Waals surface area contributed by atoms with Crippen molar-refractivity contribution in [3.05, 3.63) is 0 Å². The molecule has 2 aliphatic rings. The third kappa shape index (κ3) is 5.21. The van der Waals surface area contributed by atoms with Crippen molar-refractivity contribution in [3.8, 4) is 0 Å². The van der Waals surface area contributed by atoms with Gasteiger partial charge in [0.15, 0.2) is 0 Å². The highest BCUT2D eigenvalue weighted by atomic mass is 15.1. The van der Waals surface area contributed by atoms with Gasteiger partial charge in [0.2, 0.25) is 0 Å². The zero-order chi connectivity index (χ0) is 17.7. The Morgan fingerprint density at radius 1 is 1.04 bits per heavy atom. The van der Waals surface area contributed by atoms with E-state index >= 15 is 0 Å². The molecule has 0 aliphatic carbocycles. The van der Waals surface area contributed by atoms with Crippen LogP contribution in [0.15, 0.2) is 0 Å². The van der Waals surface area contributed by atoms with Gasteiger partial charge < -0.3 is 10.6 Å². The summed E-state index contributed by atoms with van der Waals surface area (Å²) in [6.45, 7) is 15.7. The maximum absolute atomic E-state index is 3.91. The summed E-state index contributed by atoms with van der Waals surface area (Å²) in [5.74, 6) is 4.28. The van der Waals surface area contributed by atoms with Crippen LogP contribution in [0, 0.1) is 29.6 Å². The molecule has 2 heterocycles. The average Bonchev–Trinajstić information content (AvgIpc) is 2.64. The molecular weight excluding hydrogens is 292 g/mol. The molecule has 0 saturated carbocycles. The minimum absolute atomic E-state index is 0.672. The third-order valence-corrected chi connectivity index (χ3v) is 7.37. The fraction of sp³-hybridized carbons (Fsp3) is 1.00. The summed E-state index contributed by atoms with van der Waals surface area (Å²) in [4.78, 5) is 0. The first-order valence-electron chi connectivity index (χ1n) is 11.0. The van der Waals surface area contributed by atoms with Crippen molar-refractivity contribution >= 4 is 0 Å². The highest BCUT2D eigenvalue weighted by Gasteiger charge is 2.39. The summed E-state index contributed by atoms with van der Waals surface area (Å²) < 4.78 is 0. The summed E-state index contributed by atoms with van der Waals surface area (Å²) in [5.41, 5.74) is 0. The second-order valence-corrected chi connectivity index (χ2v) is 9.28. The van der Waals surface area contributed by atoms with E-state index in [1.54, 1.807) is 0 Å². The van der Waals surface area contributed by atoms with E-state index in [0.717, 1.165) is 41.7 Å². The van der Waals surface area contributed by atoms with Crippen molar-refractivity contribution in [1.29, 1.82) is 0 Å². The number of hydrogen-bond acceptors (Lipinski definition) is 2. The first-order chi connectivity index (χ1) is 11.5. The molecular formula is C22H44N2. The molecule has 24 heavy (non-hydrogen) atoms. The van der Waals surface area contributed by atoms with Crippen LogP contribution in [-0.4, -0.2) is 24.7 Å². The molecule has 0 bridgehead atoms. The van der Waals surface area contributed by atoms with E-state index in [-0.39, 0.29) is 0 Å². The number of nitrogens with one attached hydrogen (secondary N) is 2. The predicted molar refractivity (Wildman–Crippen MR) is 106 cm³/mol. The Morgan fingerprint density at radius 2 is 1.75 bits per heavy atom. The van der Waals surface area contributed by atoms with Crippen LogP contribution >= 0.6 is 0 Å². The highest BCUT2D eigenvalue weighted by molar-refractivity contribution is 4.96. The molecule has 0 aromatic carbocycles. The van der Waals surface area contributed by atoms with Crippen LogP contribution in [0.2, 0.25) is 0 Å². The number of hydrogen-bond donors (Lipinski definition) is 2. The zero-order valence-electron chi connectivity index (χ0n) is 17.3. The van der Waals surface area contributed by atoms with Gasteiger partial charge in [0.1, 0.15) is 0 Å². The SMILES string of the molecule is CCC(C)CCCC(C)C1C(C)CC(C2CC(CC)N2)CNC1C. The normalized spacial score (nSPS) is 39.8. The van der Waals surface area contributed by atoms with E-state index in [0.29, 0.717) is 6.04 Å². The Kier molecular flexibility index (Phi) is 8.07. The second kappa shape index (κ2) is 9.57. The average molecular weight is 337 g/mol. The lowest BCUT2D eigenvalue weighted by Crippen LogP contribution is -2.57. The van der Waals surface area contributed by atoms with Crippen molar-refractivity contribution in [2.45, 2.75) is 105 Å². The molecule has 2 fully saturated rings. The van der Waals surface area contributed by atoms with Crippen molar-refractivity contribution < 1.29 is 0 Å². The molecule has 0 radical (unpaired) electrons. The Morgan fingerprint density at radius 3 is 2.38 bits per heavy atom. The molecule has 2 N–H and O–H groups in total. The van der Waals surface area contributed by atoms with E-state index in [1.165, 1.54) is 51.5 Å². The summed E-state index contributed by atoms with van der Waals surface area (Å²) in [6.07, 6.45) is 9.68. The van der Waals surface area contributed by atoms with Crippen molar-refractivity contribution in [2.75, 3.05) is 6.54 Å². The minimum atomic E-state index is 0.672. The monoisotopic (exact) mass is 336 g/mol. The van der Waals surface area contributed by atoms with Crippen LogP contribution in [0.5, 0.6) is 0 Å². The molecule has 2 saturated heterocycles. The Balaban J connectivity index is 1.84. The standard InChI is InChI=1S/C22H44N2/c1-7-15(3)10-9-11-16(4)22-17(5)12-19(14-23-18(22)6)21-13-20(8-2)24-21/h15-24H,7-14H2,1-6H3. The van der Waals surface area contributed by atoms with Gasteiger partial charge in [0, 0.05) is 18.1 Å². The highest BCUT2D eigenvalue weighted by Crippen LogP contribution is 2.37. The van der Waals surface area contributed by atoms with Crippen LogP contribution in [0.1, 0.15) is 86.5 Å². The van der Waals surface area contributed by atoms with Crippen LogP contribution in [-0.2, 0) is 0 Å². The third-order valence-electron chi connectivity index (χ3n) is 7.37. The molecule has 142 valence electrons. The Bertz CT molecular complexity index is 350. The lowest BCUT2D eigenvalue weighted by Gasteiger charge is -2.42. The van der Waals surface area contributed by atoms with Crippen LogP contribution < -0.4 is 10.6 Å². The quantitative estimate of drug-likeness (QED) is 0.634. The van der Waals surface area contributed by atoms with Crippen molar-refractivity contribution in [3.63, 3.8) is 0 Å². The van der Waals surface area contributed by atoms with Crippen LogP contribution in [0.25, 0.3) is 0 Å². The van der Waals surface area contributed by atoms with Crippen LogP contribution in [0.3, 0.4) is 0 Å². The van der Waals surface area contributed by atoms with Gasteiger partial charge in [-0.3, -0.25) is 0 Å². The molecule has 2 heteroatoms. The van der Waals surface area contributed by atoms with Crippen LogP contribution in [0.4, 0.5) is 0 Å². The lowest BCUT2D eigenvalue weighted by molar-refractivity contribution is 0.153. The molecule has 0 spiro atoms. The van der Waals surface area contributed by atoms with E-state index in [1.807, 2.05) is 0 Å². The van der Waals surface area contributed by atoms with Gasteiger partial charge in [-0.15, -0.1) is 0 Å². The van der Waals surface area contributed by atoms with Gasteiger partial charge in [0.25, 0.3) is 0 Å². The second-order valence-electron chi connectivity index (χ2n) is 9.28. The van der Waals surface area contributed by atoms with Crippen molar-refractivity contribution in [2.24, 2.45) is 29.6 Å². The van der Waals surface area contributed by atoms with Gasteiger partial charge in [-0.2, -0.15) is 0 Å². The predicted octanol–water partition coefficient (Wildman–Crippen LogP) is 5.23. The molecule has 2 rings (SSSR count). The first-order valence-corrected chi connectivity index (χ1v) is 11.0. The number of rotatable bonds is 8. The van der Waals surface area contributed by atoms with Gasteiger partial charge >= 0.3 is 0 Å². The molecule has 8 atom stereocenters. The Hall–Kier alpha value is -0.0800. The molecule has 2 nitrogen and oxygen atoms in total. The lowest BCUT2D eigenvalue weighted by atomic mass is 9.73. The van der Waals surface area contributed by atoms with E-state index in [9.17, 15) is 0 Å².